The minimum absolute atomic E-state index is 0. The van der Waals surface area contributed by atoms with E-state index in [2.05, 4.69) is 22.3 Å². The highest BCUT2D eigenvalue weighted by atomic mass is 79.9. The highest BCUT2D eigenvalue weighted by Gasteiger charge is 2.25. The zero-order valence-electron chi connectivity index (χ0n) is 20.6. The van der Waals surface area contributed by atoms with Crippen LogP contribution in [-0.2, 0) is 4.74 Å². The molecule has 1 aromatic carbocycles. The van der Waals surface area contributed by atoms with Crippen molar-refractivity contribution in [1.82, 2.24) is 14.7 Å². The van der Waals surface area contributed by atoms with Gasteiger partial charge in [0.15, 0.2) is 0 Å². The molecule has 1 N–H and O–H groups in total. The lowest BCUT2D eigenvalue weighted by molar-refractivity contribution is 0.0520. The van der Waals surface area contributed by atoms with Gasteiger partial charge in [-0.25, -0.2) is 9.78 Å². The third kappa shape index (κ3) is 6.32. The summed E-state index contributed by atoms with van der Waals surface area (Å²) in [6.07, 6.45) is 4.59. The molecule has 4 rings (SSSR count). The van der Waals surface area contributed by atoms with Gasteiger partial charge in [0.25, 0.3) is 0 Å². The number of benzene rings is 1. The number of carbonyl (C=O) groups excluding carboxylic acids is 1. The summed E-state index contributed by atoms with van der Waals surface area (Å²) in [5, 5.41) is 3.39. The standard InChI is InChI=1S/C25H31ClN4O4.BrH/c1-25(2,3)34-24(31)27-13-16-6-8-29(14-16)17-7-9-30-15-20(28-23(30)10-17)18-11-19(26)22(33-5)12-21(18)32-4;/h7,9-12,15-16H,6,8,13-14H2,1-5H3,(H,27,31);1H. The molecule has 1 aliphatic heterocycles. The number of halogens is 2. The Hall–Kier alpha value is -2.65. The minimum atomic E-state index is -0.495. The van der Waals surface area contributed by atoms with E-state index in [4.69, 9.17) is 30.8 Å². The maximum absolute atomic E-state index is 12.0. The van der Waals surface area contributed by atoms with Gasteiger partial charge in [0.05, 0.1) is 24.9 Å². The van der Waals surface area contributed by atoms with Crippen molar-refractivity contribution in [2.24, 2.45) is 5.92 Å². The van der Waals surface area contributed by atoms with Gasteiger partial charge in [-0.1, -0.05) is 11.6 Å². The average Bonchev–Trinajstić information content (AvgIpc) is 3.43. The van der Waals surface area contributed by atoms with E-state index in [9.17, 15) is 4.79 Å². The van der Waals surface area contributed by atoms with E-state index in [1.54, 1.807) is 20.3 Å². The number of ether oxygens (including phenoxy) is 3. The SMILES string of the molecule is Br.COc1cc(OC)c(-c2cn3ccc(N4CCC(CNC(=O)OC(C)(C)C)C4)cc3n2)cc1Cl. The first-order chi connectivity index (χ1) is 16.2. The van der Waals surface area contributed by atoms with Crippen molar-refractivity contribution in [3.8, 4) is 22.8 Å². The first-order valence-electron chi connectivity index (χ1n) is 11.3. The third-order valence-corrected chi connectivity index (χ3v) is 6.07. The second kappa shape index (κ2) is 11.0. The molecule has 10 heteroatoms. The highest BCUT2D eigenvalue weighted by Crippen LogP contribution is 2.38. The van der Waals surface area contributed by atoms with Gasteiger partial charge in [0.2, 0.25) is 0 Å². The van der Waals surface area contributed by atoms with E-state index in [-0.39, 0.29) is 23.1 Å². The van der Waals surface area contributed by atoms with E-state index in [0.717, 1.165) is 42.1 Å². The van der Waals surface area contributed by atoms with Gasteiger partial charge in [-0.05, 0) is 45.2 Å². The molecule has 35 heavy (non-hydrogen) atoms. The van der Waals surface area contributed by atoms with Crippen LogP contribution in [0, 0.1) is 5.92 Å². The van der Waals surface area contributed by atoms with Gasteiger partial charge in [0, 0.05) is 55.4 Å². The summed E-state index contributed by atoms with van der Waals surface area (Å²) in [5.74, 6) is 1.56. The first kappa shape index (κ1) is 26.9. The van der Waals surface area contributed by atoms with Crippen LogP contribution in [0.2, 0.25) is 5.02 Å². The molecule has 1 unspecified atom stereocenters. The number of nitrogens with zero attached hydrogens (tertiary/aromatic N) is 3. The maximum atomic E-state index is 12.0. The number of amides is 1. The Morgan fingerprint density at radius 1 is 1.20 bits per heavy atom. The molecule has 190 valence electrons. The Bertz CT molecular complexity index is 1190. The maximum Gasteiger partial charge on any atom is 0.407 e. The topological polar surface area (TPSA) is 77.3 Å². The number of anilines is 1. The van der Waals surface area contributed by atoms with E-state index >= 15 is 0 Å². The summed E-state index contributed by atoms with van der Waals surface area (Å²) in [6.45, 7) is 7.97. The lowest BCUT2D eigenvalue weighted by Crippen LogP contribution is -2.36. The summed E-state index contributed by atoms with van der Waals surface area (Å²) in [7, 11) is 3.19. The number of hydrogen-bond donors (Lipinski definition) is 1. The summed E-state index contributed by atoms with van der Waals surface area (Å²) >= 11 is 6.35. The Labute approximate surface area is 221 Å². The van der Waals surface area contributed by atoms with Crippen molar-refractivity contribution in [3.63, 3.8) is 0 Å². The summed E-state index contributed by atoms with van der Waals surface area (Å²) in [4.78, 5) is 19.1. The fourth-order valence-corrected chi connectivity index (χ4v) is 4.37. The number of imidazole rings is 1. The van der Waals surface area contributed by atoms with Gasteiger partial charge >= 0.3 is 6.09 Å². The van der Waals surface area contributed by atoms with Gasteiger partial charge < -0.3 is 28.8 Å². The van der Waals surface area contributed by atoms with Crippen LogP contribution < -0.4 is 19.7 Å². The predicted molar refractivity (Wildman–Crippen MR) is 144 cm³/mol. The Morgan fingerprint density at radius 3 is 2.63 bits per heavy atom. The Balaban J connectivity index is 0.00000342. The number of carbonyl (C=O) groups is 1. The van der Waals surface area contributed by atoms with Crippen LogP contribution in [0.1, 0.15) is 27.2 Å². The molecule has 0 saturated carbocycles. The zero-order valence-corrected chi connectivity index (χ0v) is 23.1. The first-order valence-corrected chi connectivity index (χ1v) is 11.7. The number of methoxy groups -OCH3 is 2. The largest absolute Gasteiger partial charge is 0.496 e. The second-order valence-electron chi connectivity index (χ2n) is 9.45. The molecule has 1 saturated heterocycles. The number of alkyl carbamates (subject to hydrolysis) is 1. The quantitative estimate of drug-likeness (QED) is 0.418. The van der Waals surface area contributed by atoms with E-state index in [0.29, 0.717) is 29.0 Å². The molecule has 8 nitrogen and oxygen atoms in total. The van der Waals surface area contributed by atoms with E-state index < -0.39 is 5.60 Å². The number of nitrogens with one attached hydrogen (secondary N) is 1. The number of hydrogen-bond acceptors (Lipinski definition) is 6. The predicted octanol–water partition coefficient (Wildman–Crippen LogP) is 5.60. The highest BCUT2D eigenvalue weighted by molar-refractivity contribution is 8.93. The molecule has 0 radical (unpaired) electrons. The van der Waals surface area contributed by atoms with Crippen LogP contribution in [0.3, 0.4) is 0 Å². The van der Waals surface area contributed by atoms with Crippen molar-refractivity contribution in [3.05, 3.63) is 41.7 Å². The van der Waals surface area contributed by atoms with Gasteiger partial charge in [-0.15, -0.1) is 17.0 Å². The number of pyridine rings is 1. The molecule has 1 amide bonds. The van der Waals surface area contributed by atoms with Crippen molar-refractivity contribution >= 4 is 46.0 Å². The fourth-order valence-electron chi connectivity index (χ4n) is 4.13. The minimum Gasteiger partial charge on any atom is -0.496 e. The number of rotatable bonds is 6. The molecule has 0 aliphatic carbocycles. The van der Waals surface area contributed by atoms with E-state index in [1.807, 2.05) is 43.6 Å². The summed E-state index contributed by atoms with van der Waals surface area (Å²) in [5.41, 5.74) is 3.00. The zero-order chi connectivity index (χ0) is 24.5. The van der Waals surface area contributed by atoms with Crippen LogP contribution in [0.5, 0.6) is 11.5 Å². The molecule has 0 spiro atoms. The molecule has 1 aliphatic rings. The van der Waals surface area contributed by atoms with Crippen LogP contribution >= 0.6 is 28.6 Å². The smallest absolute Gasteiger partial charge is 0.407 e. The van der Waals surface area contributed by atoms with Gasteiger partial charge in [-0.2, -0.15) is 0 Å². The summed E-state index contributed by atoms with van der Waals surface area (Å²) in [6, 6.07) is 7.73. The average molecular weight is 568 g/mol. The molecule has 3 heterocycles. The van der Waals surface area contributed by atoms with Gasteiger partial charge in [-0.3, -0.25) is 0 Å². The Kier molecular flexibility index (Phi) is 8.43. The molecule has 1 fully saturated rings. The van der Waals surface area contributed by atoms with Crippen molar-refractivity contribution in [1.29, 1.82) is 0 Å². The monoisotopic (exact) mass is 566 g/mol. The fraction of sp³-hybridized carbons (Fsp3) is 0.440. The van der Waals surface area contributed by atoms with E-state index in [1.165, 1.54) is 0 Å². The van der Waals surface area contributed by atoms with Gasteiger partial charge in [0.1, 0.15) is 22.7 Å². The lowest BCUT2D eigenvalue weighted by atomic mass is 10.1. The van der Waals surface area contributed by atoms with Crippen molar-refractivity contribution in [2.75, 3.05) is 38.8 Å². The molecular formula is C25H32BrClN4O4. The lowest BCUT2D eigenvalue weighted by Gasteiger charge is -2.21. The van der Waals surface area contributed by atoms with Crippen molar-refractivity contribution in [2.45, 2.75) is 32.8 Å². The molecule has 0 bridgehead atoms. The Morgan fingerprint density at radius 2 is 1.94 bits per heavy atom. The number of aromatic nitrogens is 2. The van der Waals surface area contributed by atoms with Crippen LogP contribution in [-0.4, -0.2) is 54.9 Å². The van der Waals surface area contributed by atoms with Crippen LogP contribution in [0.25, 0.3) is 16.9 Å². The van der Waals surface area contributed by atoms with Crippen molar-refractivity contribution < 1.29 is 19.0 Å². The normalized spacial score (nSPS) is 15.6. The summed E-state index contributed by atoms with van der Waals surface area (Å²) < 4.78 is 18.2. The van der Waals surface area contributed by atoms with Crippen LogP contribution in [0.15, 0.2) is 36.7 Å². The second-order valence-corrected chi connectivity index (χ2v) is 9.85. The molecule has 3 aromatic rings. The molecule has 1 atom stereocenters. The molecular weight excluding hydrogens is 536 g/mol. The molecule has 2 aromatic heterocycles. The third-order valence-electron chi connectivity index (χ3n) is 5.78. The number of fused-ring (bicyclic) bond motifs is 1. The van der Waals surface area contributed by atoms with Crippen LogP contribution in [0.4, 0.5) is 10.5 Å².